The Morgan fingerprint density at radius 3 is 2.55 bits per heavy atom. The van der Waals surface area contributed by atoms with Gasteiger partial charge >= 0.3 is 0 Å². The lowest BCUT2D eigenvalue weighted by atomic mass is 9.92. The van der Waals surface area contributed by atoms with Crippen molar-refractivity contribution in [1.29, 1.82) is 0 Å². The Morgan fingerprint density at radius 1 is 1.40 bits per heavy atom. The summed E-state index contributed by atoms with van der Waals surface area (Å²) in [4.78, 5) is 0.181. The summed E-state index contributed by atoms with van der Waals surface area (Å²) in [5.41, 5.74) is 5.09. The summed E-state index contributed by atoms with van der Waals surface area (Å²) in [7, 11) is -2.12. The van der Waals surface area contributed by atoms with Gasteiger partial charge in [-0.3, -0.25) is 0 Å². The fourth-order valence-corrected chi connectivity index (χ4v) is 3.68. The number of benzene rings is 1. The van der Waals surface area contributed by atoms with Gasteiger partial charge in [0.05, 0.1) is 12.0 Å². The third-order valence-electron chi connectivity index (χ3n) is 3.04. The largest absolute Gasteiger partial charge is 0.497 e. The average molecular weight is 300 g/mol. The van der Waals surface area contributed by atoms with Crippen molar-refractivity contribution in [1.82, 2.24) is 4.72 Å². The molecule has 114 valence electrons. The average Bonchev–Trinajstić information content (AvgIpc) is 2.37. The summed E-state index contributed by atoms with van der Waals surface area (Å²) in [5.74, 6) is 0.850. The highest BCUT2D eigenvalue weighted by Crippen LogP contribution is 2.21. The monoisotopic (exact) mass is 300 g/mol. The third-order valence-corrected chi connectivity index (χ3v) is 4.68. The molecular formula is C14H24N2O3S. The predicted octanol–water partition coefficient (Wildman–Crippen LogP) is 1.74. The quantitative estimate of drug-likeness (QED) is 0.803. The van der Waals surface area contributed by atoms with Crippen LogP contribution in [0, 0.1) is 5.92 Å². The normalized spacial score (nSPS) is 15.1. The van der Waals surface area contributed by atoms with E-state index in [9.17, 15) is 8.42 Å². The molecule has 6 heteroatoms. The van der Waals surface area contributed by atoms with Gasteiger partial charge in [-0.15, -0.1) is 0 Å². The SMILES string of the molecule is COc1cccc(S(=O)(=O)NC(C)(CN)CC(C)C)c1. The van der Waals surface area contributed by atoms with Crippen LogP contribution < -0.4 is 15.2 Å². The van der Waals surface area contributed by atoms with Crippen molar-refractivity contribution >= 4 is 10.0 Å². The van der Waals surface area contributed by atoms with Gasteiger partial charge in [0.15, 0.2) is 0 Å². The summed E-state index contributed by atoms with van der Waals surface area (Å²) < 4.78 is 32.6. The second kappa shape index (κ2) is 6.56. The van der Waals surface area contributed by atoms with Gasteiger partial charge in [0.25, 0.3) is 0 Å². The highest BCUT2D eigenvalue weighted by molar-refractivity contribution is 7.89. The van der Waals surface area contributed by atoms with Crippen LogP contribution in [0.25, 0.3) is 0 Å². The molecule has 0 heterocycles. The molecule has 1 unspecified atom stereocenters. The van der Waals surface area contributed by atoms with Crippen LogP contribution in [-0.4, -0.2) is 27.6 Å². The molecule has 0 amide bonds. The molecule has 3 N–H and O–H groups in total. The molecule has 0 aromatic heterocycles. The van der Waals surface area contributed by atoms with Gasteiger partial charge in [-0.2, -0.15) is 0 Å². The number of methoxy groups -OCH3 is 1. The van der Waals surface area contributed by atoms with E-state index in [2.05, 4.69) is 4.72 Å². The fourth-order valence-electron chi connectivity index (χ4n) is 2.22. The van der Waals surface area contributed by atoms with E-state index in [1.807, 2.05) is 20.8 Å². The molecule has 0 bridgehead atoms. The molecule has 0 radical (unpaired) electrons. The minimum Gasteiger partial charge on any atom is -0.497 e. The van der Waals surface area contributed by atoms with Gasteiger partial charge in [0.1, 0.15) is 5.75 Å². The Bertz CT molecular complexity index is 543. The maximum absolute atomic E-state index is 12.4. The first kappa shape index (κ1) is 16.9. The summed E-state index contributed by atoms with van der Waals surface area (Å²) in [5, 5.41) is 0. The van der Waals surface area contributed by atoms with E-state index in [0.29, 0.717) is 18.1 Å². The molecule has 0 fully saturated rings. The fraction of sp³-hybridized carbons (Fsp3) is 0.571. The van der Waals surface area contributed by atoms with Crippen molar-refractivity contribution in [2.75, 3.05) is 13.7 Å². The molecule has 0 aliphatic carbocycles. The Balaban J connectivity index is 3.03. The smallest absolute Gasteiger partial charge is 0.241 e. The van der Waals surface area contributed by atoms with Crippen LogP contribution >= 0.6 is 0 Å². The lowest BCUT2D eigenvalue weighted by molar-refractivity contribution is 0.344. The first-order chi connectivity index (χ1) is 9.22. The van der Waals surface area contributed by atoms with E-state index in [1.54, 1.807) is 12.1 Å². The summed E-state index contributed by atoms with van der Waals surface area (Å²) in [6, 6.07) is 6.39. The first-order valence-corrected chi connectivity index (χ1v) is 8.09. The maximum Gasteiger partial charge on any atom is 0.241 e. The van der Waals surface area contributed by atoms with E-state index in [0.717, 1.165) is 0 Å². The standard InChI is InChI=1S/C14H24N2O3S/c1-11(2)9-14(3,10-15)16-20(17,18)13-7-5-6-12(8-13)19-4/h5-8,11,16H,9-10,15H2,1-4H3. The van der Waals surface area contributed by atoms with Crippen molar-refractivity contribution in [3.8, 4) is 5.75 Å². The number of ether oxygens (including phenoxy) is 1. The molecule has 20 heavy (non-hydrogen) atoms. The molecule has 0 saturated heterocycles. The molecule has 1 atom stereocenters. The van der Waals surface area contributed by atoms with Crippen LogP contribution in [0.3, 0.4) is 0 Å². The molecular weight excluding hydrogens is 276 g/mol. The van der Waals surface area contributed by atoms with Crippen LogP contribution in [0.4, 0.5) is 0 Å². The summed E-state index contributed by atoms with van der Waals surface area (Å²) in [6.45, 7) is 6.14. The second-order valence-electron chi connectivity index (χ2n) is 5.65. The number of sulfonamides is 1. The minimum atomic E-state index is -3.62. The van der Waals surface area contributed by atoms with Crippen LogP contribution in [0.15, 0.2) is 29.2 Å². The molecule has 1 aromatic rings. The van der Waals surface area contributed by atoms with Crippen molar-refractivity contribution in [3.05, 3.63) is 24.3 Å². The van der Waals surface area contributed by atoms with Gasteiger partial charge in [0, 0.05) is 18.2 Å². The van der Waals surface area contributed by atoms with Gasteiger partial charge in [0.2, 0.25) is 10.0 Å². The molecule has 0 saturated carbocycles. The number of hydrogen-bond acceptors (Lipinski definition) is 4. The van der Waals surface area contributed by atoms with E-state index in [1.165, 1.54) is 19.2 Å². The minimum absolute atomic E-state index is 0.181. The summed E-state index contributed by atoms with van der Waals surface area (Å²) >= 11 is 0. The number of nitrogens with two attached hydrogens (primary N) is 1. The maximum atomic E-state index is 12.4. The van der Waals surface area contributed by atoms with E-state index in [4.69, 9.17) is 10.5 Å². The second-order valence-corrected chi connectivity index (χ2v) is 7.33. The van der Waals surface area contributed by atoms with Crippen LogP contribution in [0.1, 0.15) is 27.2 Å². The predicted molar refractivity (Wildman–Crippen MR) is 80.2 cm³/mol. The van der Waals surface area contributed by atoms with E-state index < -0.39 is 15.6 Å². The van der Waals surface area contributed by atoms with Gasteiger partial charge in [-0.05, 0) is 31.4 Å². The summed E-state index contributed by atoms with van der Waals surface area (Å²) in [6.07, 6.45) is 0.673. The Labute approximate surface area is 121 Å². The highest BCUT2D eigenvalue weighted by atomic mass is 32.2. The van der Waals surface area contributed by atoms with Gasteiger partial charge < -0.3 is 10.5 Å². The molecule has 1 rings (SSSR count). The van der Waals surface area contributed by atoms with Crippen molar-refractivity contribution in [3.63, 3.8) is 0 Å². The van der Waals surface area contributed by atoms with Crippen molar-refractivity contribution in [2.24, 2.45) is 11.7 Å². The zero-order valence-corrected chi connectivity index (χ0v) is 13.3. The topological polar surface area (TPSA) is 81.4 Å². The van der Waals surface area contributed by atoms with Crippen LogP contribution in [-0.2, 0) is 10.0 Å². The molecule has 0 aliphatic rings. The Hall–Kier alpha value is -1.11. The van der Waals surface area contributed by atoms with Crippen molar-refractivity contribution in [2.45, 2.75) is 37.6 Å². The van der Waals surface area contributed by atoms with E-state index in [-0.39, 0.29) is 11.4 Å². The van der Waals surface area contributed by atoms with Crippen molar-refractivity contribution < 1.29 is 13.2 Å². The Kier molecular flexibility index (Phi) is 5.56. The van der Waals surface area contributed by atoms with Gasteiger partial charge in [-0.25, -0.2) is 13.1 Å². The molecule has 0 spiro atoms. The number of rotatable bonds is 7. The van der Waals surface area contributed by atoms with Crippen LogP contribution in [0.2, 0.25) is 0 Å². The Morgan fingerprint density at radius 2 is 2.05 bits per heavy atom. The molecule has 0 aliphatic heterocycles. The zero-order valence-electron chi connectivity index (χ0n) is 12.5. The molecule has 1 aromatic carbocycles. The van der Waals surface area contributed by atoms with Crippen LogP contribution in [0.5, 0.6) is 5.75 Å². The molecule has 5 nitrogen and oxygen atoms in total. The number of nitrogens with one attached hydrogen (secondary N) is 1. The number of hydrogen-bond donors (Lipinski definition) is 2. The van der Waals surface area contributed by atoms with E-state index >= 15 is 0 Å². The highest BCUT2D eigenvalue weighted by Gasteiger charge is 2.30. The van der Waals surface area contributed by atoms with Gasteiger partial charge in [-0.1, -0.05) is 19.9 Å². The lowest BCUT2D eigenvalue weighted by Gasteiger charge is -2.30. The zero-order chi connectivity index (χ0) is 15.4. The lowest BCUT2D eigenvalue weighted by Crippen LogP contribution is -2.51. The third kappa shape index (κ3) is 4.47. The first-order valence-electron chi connectivity index (χ1n) is 6.60.